The average Bonchev–Trinajstić information content (AvgIpc) is 2.65. The highest BCUT2D eigenvalue weighted by Gasteiger charge is 2.34. The van der Waals surface area contributed by atoms with E-state index in [4.69, 9.17) is 10.00 Å². The zero-order chi connectivity index (χ0) is 7.40. The molecule has 0 unspecified atom stereocenters. The third-order valence-electron chi connectivity index (χ3n) is 1.56. The van der Waals surface area contributed by atoms with Gasteiger partial charge in [-0.25, -0.2) is 0 Å². The van der Waals surface area contributed by atoms with E-state index in [1.807, 2.05) is 12.1 Å². The number of nitrogens with zero attached hydrogens (tertiary/aromatic N) is 1. The van der Waals surface area contributed by atoms with Crippen molar-refractivity contribution in [3.63, 3.8) is 0 Å². The van der Waals surface area contributed by atoms with E-state index in [0.29, 0.717) is 6.10 Å². The molecule has 1 saturated heterocycles. The normalized spacial score (nSPS) is 30.4. The van der Waals surface area contributed by atoms with Crippen LogP contribution in [-0.4, -0.2) is 12.2 Å². The lowest BCUT2D eigenvalue weighted by Gasteiger charge is -1.82. The standard InChI is InChI=1S/C8H11NO/c1-2-4-7-8(10-7)5-3-6-9/h3,5,7-8H,2,4H2,1H3/b5-3+/t7-,8-/m1/s1. The van der Waals surface area contributed by atoms with Crippen LogP contribution in [0.4, 0.5) is 0 Å². The molecule has 1 rings (SSSR count). The fraction of sp³-hybridized carbons (Fsp3) is 0.625. The number of hydrogen-bond donors (Lipinski definition) is 0. The van der Waals surface area contributed by atoms with Crippen molar-refractivity contribution in [3.05, 3.63) is 12.2 Å². The van der Waals surface area contributed by atoms with Gasteiger partial charge in [0.05, 0.1) is 12.2 Å². The number of nitriles is 1. The molecular weight excluding hydrogens is 126 g/mol. The Balaban J connectivity index is 2.14. The molecule has 0 spiro atoms. The predicted octanol–water partition coefficient (Wildman–Crippen LogP) is 1.63. The van der Waals surface area contributed by atoms with Crippen LogP contribution < -0.4 is 0 Å². The van der Waals surface area contributed by atoms with Crippen molar-refractivity contribution in [3.8, 4) is 6.07 Å². The molecule has 0 N–H and O–H groups in total. The number of allylic oxidation sites excluding steroid dienone is 1. The maximum absolute atomic E-state index is 8.17. The highest BCUT2D eigenvalue weighted by molar-refractivity contribution is 5.10. The number of hydrogen-bond acceptors (Lipinski definition) is 2. The van der Waals surface area contributed by atoms with E-state index in [1.165, 1.54) is 6.08 Å². The SMILES string of the molecule is CCC[C@H]1O[C@@H]1/C=C/C#N. The molecule has 2 atom stereocenters. The van der Waals surface area contributed by atoms with E-state index in [0.717, 1.165) is 12.8 Å². The maximum Gasteiger partial charge on any atom is 0.103 e. The molecule has 54 valence electrons. The van der Waals surface area contributed by atoms with Crippen LogP contribution >= 0.6 is 0 Å². The summed E-state index contributed by atoms with van der Waals surface area (Å²) in [7, 11) is 0. The van der Waals surface area contributed by atoms with Gasteiger partial charge in [-0.2, -0.15) is 5.26 Å². The molecule has 0 aliphatic carbocycles. The minimum atomic E-state index is 0.236. The van der Waals surface area contributed by atoms with Crippen LogP contribution in [0.1, 0.15) is 19.8 Å². The Morgan fingerprint density at radius 1 is 1.70 bits per heavy atom. The predicted molar refractivity (Wildman–Crippen MR) is 38.3 cm³/mol. The topological polar surface area (TPSA) is 36.3 Å². The summed E-state index contributed by atoms with van der Waals surface area (Å²) in [6.07, 6.45) is 6.21. The summed E-state index contributed by atoms with van der Waals surface area (Å²) < 4.78 is 5.22. The summed E-state index contributed by atoms with van der Waals surface area (Å²) in [6, 6.07) is 1.94. The molecule has 0 saturated carbocycles. The lowest BCUT2D eigenvalue weighted by molar-refractivity contribution is 0.378. The van der Waals surface area contributed by atoms with Crippen molar-refractivity contribution < 1.29 is 4.74 Å². The van der Waals surface area contributed by atoms with Gasteiger partial charge in [0.15, 0.2) is 0 Å². The Hall–Kier alpha value is -0.810. The van der Waals surface area contributed by atoms with Gasteiger partial charge in [0.25, 0.3) is 0 Å². The summed E-state index contributed by atoms with van der Waals surface area (Å²) in [4.78, 5) is 0. The zero-order valence-electron chi connectivity index (χ0n) is 6.08. The van der Waals surface area contributed by atoms with E-state index >= 15 is 0 Å². The first-order chi connectivity index (χ1) is 4.88. The molecule has 0 radical (unpaired) electrons. The van der Waals surface area contributed by atoms with E-state index < -0.39 is 0 Å². The molecule has 1 heterocycles. The maximum atomic E-state index is 8.17. The van der Waals surface area contributed by atoms with Gasteiger partial charge in [0.1, 0.15) is 6.10 Å². The molecule has 0 aromatic rings. The minimum absolute atomic E-state index is 0.236. The molecule has 0 amide bonds. The van der Waals surface area contributed by atoms with Crippen LogP contribution in [0.25, 0.3) is 0 Å². The molecule has 2 nitrogen and oxygen atoms in total. The summed E-state index contributed by atoms with van der Waals surface area (Å²) in [5, 5.41) is 8.17. The van der Waals surface area contributed by atoms with Crippen LogP contribution in [-0.2, 0) is 4.74 Å². The van der Waals surface area contributed by atoms with Gasteiger partial charge < -0.3 is 4.74 Å². The molecule has 1 fully saturated rings. The molecule has 1 aliphatic rings. The largest absolute Gasteiger partial charge is 0.365 e. The van der Waals surface area contributed by atoms with Gasteiger partial charge in [-0.15, -0.1) is 0 Å². The first-order valence-corrected chi connectivity index (χ1v) is 3.60. The van der Waals surface area contributed by atoms with Crippen LogP contribution in [0.3, 0.4) is 0 Å². The van der Waals surface area contributed by atoms with Gasteiger partial charge in [-0.1, -0.05) is 13.3 Å². The smallest absolute Gasteiger partial charge is 0.103 e. The van der Waals surface area contributed by atoms with Gasteiger partial charge in [-0.3, -0.25) is 0 Å². The molecule has 0 aromatic carbocycles. The number of rotatable bonds is 3. The highest BCUT2D eigenvalue weighted by Crippen LogP contribution is 2.27. The minimum Gasteiger partial charge on any atom is -0.365 e. The summed E-state index contributed by atoms with van der Waals surface area (Å²) in [6.45, 7) is 2.13. The summed E-state index contributed by atoms with van der Waals surface area (Å²) in [5.41, 5.74) is 0. The Kier molecular flexibility index (Phi) is 2.47. The second kappa shape index (κ2) is 3.38. The number of epoxide rings is 1. The molecular formula is C8H11NO. The zero-order valence-corrected chi connectivity index (χ0v) is 6.08. The Morgan fingerprint density at radius 3 is 3.10 bits per heavy atom. The molecule has 10 heavy (non-hydrogen) atoms. The van der Waals surface area contributed by atoms with Crippen molar-refractivity contribution in [2.75, 3.05) is 0 Å². The molecule has 0 bridgehead atoms. The first kappa shape index (κ1) is 7.30. The van der Waals surface area contributed by atoms with Crippen molar-refractivity contribution in [2.24, 2.45) is 0 Å². The van der Waals surface area contributed by atoms with Crippen LogP contribution in [0.15, 0.2) is 12.2 Å². The average molecular weight is 137 g/mol. The van der Waals surface area contributed by atoms with Gasteiger partial charge >= 0.3 is 0 Å². The van der Waals surface area contributed by atoms with E-state index in [2.05, 4.69) is 6.92 Å². The fourth-order valence-corrected chi connectivity index (χ4v) is 0.980. The molecule has 0 aromatic heterocycles. The Labute approximate surface area is 61.1 Å². The lowest BCUT2D eigenvalue weighted by atomic mass is 10.2. The summed E-state index contributed by atoms with van der Waals surface area (Å²) in [5.74, 6) is 0. The van der Waals surface area contributed by atoms with Gasteiger partial charge in [0, 0.05) is 6.08 Å². The fourth-order valence-electron chi connectivity index (χ4n) is 0.980. The number of ether oxygens (including phenoxy) is 1. The van der Waals surface area contributed by atoms with Crippen LogP contribution in [0.5, 0.6) is 0 Å². The van der Waals surface area contributed by atoms with Crippen molar-refractivity contribution in [1.29, 1.82) is 5.26 Å². The van der Waals surface area contributed by atoms with E-state index in [-0.39, 0.29) is 6.10 Å². The third-order valence-corrected chi connectivity index (χ3v) is 1.56. The molecule has 2 heteroatoms. The van der Waals surface area contributed by atoms with Crippen LogP contribution in [0.2, 0.25) is 0 Å². The van der Waals surface area contributed by atoms with Crippen LogP contribution in [0, 0.1) is 11.3 Å². The van der Waals surface area contributed by atoms with E-state index in [9.17, 15) is 0 Å². The van der Waals surface area contributed by atoms with E-state index in [1.54, 1.807) is 0 Å². The monoisotopic (exact) mass is 137 g/mol. The van der Waals surface area contributed by atoms with Crippen molar-refractivity contribution in [2.45, 2.75) is 32.0 Å². The molecule has 1 aliphatic heterocycles. The lowest BCUT2D eigenvalue weighted by Crippen LogP contribution is -1.87. The van der Waals surface area contributed by atoms with Gasteiger partial charge in [0.2, 0.25) is 0 Å². The quantitative estimate of drug-likeness (QED) is 0.438. The van der Waals surface area contributed by atoms with Crippen molar-refractivity contribution in [1.82, 2.24) is 0 Å². The second-order valence-corrected chi connectivity index (χ2v) is 2.42. The second-order valence-electron chi connectivity index (χ2n) is 2.42. The third kappa shape index (κ3) is 1.85. The van der Waals surface area contributed by atoms with Gasteiger partial charge in [-0.05, 0) is 12.5 Å². The van der Waals surface area contributed by atoms with Crippen molar-refractivity contribution >= 4 is 0 Å². The Morgan fingerprint density at radius 2 is 2.50 bits per heavy atom. The first-order valence-electron chi connectivity index (χ1n) is 3.60. The highest BCUT2D eigenvalue weighted by atomic mass is 16.6. The Bertz CT molecular complexity index is 169. The summed E-state index contributed by atoms with van der Waals surface area (Å²) >= 11 is 0.